The summed E-state index contributed by atoms with van der Waals surface area (Å²) in [6, 6.07) is 16.8. The van der Waals surface area contributed by atoms with E-state index in [1.54, 1.807) is 4.90 Å². The van der Waals surface area contributed by atoms with Crippen molar-refractivity contribution in [2.24, 2.45) is 0 Å². The van der Waals surface area contributed by atoms with Crippen LogP contribution in [-0.4, -0.2) is 56.2 Å². The zero-order chi connectivity index (χ0) is 25.5. The Kier molecular flexibility index (Phi) is 5.63. The van der Waals surface area contributed by atoms with E-state index in [2.05, 4.69) is 15.5 Å². The molecule has 37 heavy (non-hydrogen) atoms. The van der Waals surface area contributed by atoms with Crippen LogP contribution in [0.2, 0.25) is 0 Å². The first-order valence-corrected chi connectivity index (χ1v) is 12.2. The molecular formula is C27H23N5O5. The monoisotopic (exact) mass is 497 g/mol. The van der Waals surface area contributed by atoms with Crippen LogP contribution in [0.3, 0.4) is 0 Å². The van der Waals surface area contributed by atoms with E-state index in [-0.39, 0.29) is 25.1 Å². The summed E-state index contributed by atoms with van der Waals surface area (Å²) in [6.07, 6.45) is 1.32. The van der Waals surface area contributed by atoms with E-state index >= 15 is 0 Å². The number of rotatable bonds is 5. The quantitative estimate of drug-likeness (QED) is 0.533. The summed E-state index contributed by atoms with van der Waals surface area (Å²) in [6.45, 7) is 0.689. The predicted molar refractivity (Wildman–Crippen MR) is 130 cm³/mol. The number of carbonyl (C=O) groups excluding carboxylic acids is 4. The standard InChI is InChI=1S/C27H23N5O5/c33-21-12-11-20(25(34)28-21)32-26(35)19-10-5-13-31(23(19)27(32)36)15-22-29-24(30-37-22)18-9-4-8-17(14-18)16-6-2-1-3-7-16/h1-4,6-9,14,20H,5,10-13,15H2,(H,28,33,34). The Morgan fingerprint density at radius 1 is 0.919 bits per heavy atom. The van der Waals surface area contributed by atoms with Crippen molar-refractivity contribution >= 4 is 23.6 Å². The molecule has 2 aromatic carbocycles. The van der Waals surface area contributed by atoms with Crippen molar-refractivity contribution in [3.63, 3.8) is 0 Å². The van der Waals surface area contributed by atoms with Crippen LogP contribution in [0.5, 0.6) is 0 Å². The predicted octanol–water partition coefficient (Wildman–Crippen LogP) is 2.43. The normalized spacial score (nSPS) is 19.9. The van der Waals surface area contributed by atoms with E-state index in [0.717, 1.165) is 21.6 Å². The molecule has 4 heterocycles. The summed E-state index contributed by atoms with van der Waals surface area (Å²) in [5.41, 5.74) is 3.55. The Morgan fingerprint density at radius 3 is 2.51 bits per heavy atom. The summed E-state index contributed by atoms with van der Waals surface area (Å²) in [4.78, 5) is 57.7. The number of nitrogens with one attached hydrogen (secondary N) is 1. The molecule has 0 spiro atoms. The first kappa shape index (κ1) is 22.8. The van der Waals surface area contributed by atoms with Crippen LogP contribution < -0.4 is 5.32 Å². The lowest BCUT2D eigenvalue weighted by Crippen LogP contribution is -2.55. The SMILES string of the molecule is O=C1CCC(N2C(=O)C3=C(C2=O)N(Cc2nc(-c4cccc(-c5ccccc5)c4)no2)CCC3)C(=O)N1. The second kappa shape index (κ2) is 9.12. The molecule has 0 bridgehead atoms. The molecule has 10 heteroatoms. The van der Waals surface area contributed by atoms with Gasteiger partial charge in [0.2, 0.25) is 23.5 Å². The first-order chi connectivity index (χ1) is 18.0. The average molecular weight is 498 g/mol. The van der Waals surface area contributed by atoms with E-state index < -0.39 is 29.7 Å². The zero-order valence-electron chi connectivity index (χ0n) is 19.8. The molecule has 1 fully saturated rings. The van der Waals surface area contributed by atoms with Gasteiger partial charge in [-0.1, -0.05) is 53.7 Å². The van der Waals surface area contributed by atoms with Crippen LogP contribution in [0.15, 0.2) is 70.4 Å². The molecule has 186 valence electrons. The van der Waals surface area contributed by atoms with Crippen molar-refractivity contribution in [3.8, 4) is 22.5 Å². The van der Waals surface area contributed by atoms with Crippen molar-refractivity contribution in [2.45, 2.75) is 38.3 Å². The highest BCUT2D eigenvalue weighted by Crippen LogP contribution is 2.35. The fraction of sp³-hybridized carbons (Fsp3) is 0.259. The Balaban J connectivity index is 1.22. The molecule has 4 amide bonds. The maximum absolute atomic E-state index is 13.4. The Labute approximate surface area is 211 Å². The summed E-state index contributed by atoms with van der Waals surface area (Å²) < 4.78 is 5.51. The van der Waals surface area contributed by atoms with Gasteiger partial charge in [0, 0.05) is 24.1 Å². The van der Waals surface area contributed by atoms with E-state index in [1.807, 2.05) is 54.6 Å². The number of imide groups is 2. The number of amides is 4. The molecule has 6 rings (SSSR count). The fourth-order valence-electron chi connectivity index (χ4n) is 5.13. The molecule has 3 aliphatic heterocycles. The molecule has 0 aliphatic carbocycles. The molecule has 10 nitrogen and oxygen atoms in total. The third-order valence-electron chi connectivity index (χ3n) is 6.90. The topological polar surface area (TPSA) is 126 Å². The van der Waals surface area contributed by atoms with Gasteiger partial charge in [-0.3, -0.25) is 29.4 Å². The molecule has 1 N–H and O–H groups in total. The van der Waals surface area contributed by atoms with Gasteiger partial charge in [0.15, 0.2) is 0 Å². The minimum absolute atomic E-state index is 0.0814. The number of aromatic nitrogens is 2. The van der Waals surface area contributed by atoms with Crippen molar-refractivity contribution in [2.75, 3.05) is 6.54 Å². The molecule has 0 radical (unpaired) electrons. The van der Waals surface area contributed by atoms with Gasteiger partial charge in [-0.05, 0) is 36.5 Å². The maximum atomic E-state index is 13.4. The molecule has 3 aromatic rings. The van der Waals surface area contributed by atoms with Gasteiger partial charge in [0.05, 0.1) is 6.54 Å². The number of carbonyl (C=O) groups is 4. The van der Waals surface area contributed by atoms with Crippen LogP contribution in [0, 0.1) is 0 Å². The van der Waals surface area contributed by atoms with Crippen LogP contribution >= 0.6 is 0 Å². The maximum Gasteiger partial charge on any atom is 0.278 e. The van der Waals surface area contributed by atoms with Gasteiger partial charge < -0.3 is 9.42 Å². The van der Waals surface area contributed by atoms with Crippen molar-refractivity contribution in [1.82, 2.24) is 25.3 Å². The van der Waals surface area contributed by atoms with Crippen LogP contribution in [-0.2, 0) is 25.7 Å². The van der Waals surface area contributed by atoms with E-state index in [9.17, 15) is 19.2 Å². The third kappa shape index (κ3) is 4.10. The molecular weight excluding hydrogens is 474 g/mol. The summed E-state index contributed by atoms with van der Waals surface area (Å²) in [5.74, 6) is -1.27. The van der Waals surface area contributed by atoms with Gasteiger partial charge in [-0.25, -0.2) is 0 Å². The number of hydrogen-bond donors (Lipinski definition) is 1. The lowest BCUT2D eigenvalue weighted by molar-refractivity contribution is -0.150. The first-order valence-electron chi connectivity index (χ1n) is 12.2. The van der Waals surface area contributed by atoms with Crippen molar-refractivity contribution < 1.29 is 23.7 Å². The summed E-state index contributed by atoms with van der Waals surface area (Å²) in [7, 11) is 0. The van der Waals surface area contributed by atoms with Crippen LogP contribution in [0.1, 0.15) is 31.6 Å². The summed E-state index contributed by atoms with van der Waals surface area (Å²) in [5, 5.41) is 6.36. The molecule has 3 aliphatic rings. The average Bonchev–Trinajstić information content (AvgIpc) is 3.48. The largest absolute Gasteiger partial charge is 0.357 e. The van der Waals surface area contributed by atoms with E-state index in [0.29, 0.717) is 36.7 Å². The summed E-state index contributed by atoms with van der Waals surface area (Å²) >= 11 is 0. The van der Waals surface area contributed by atoms with Crippen molar-refractivity contribution in [3.05, 3.63) is 71.8 Å². The Morgan fingerprint density at radius 2 is 1.70 bits per heavy atom. The van der Waals surface area contributed by atoms with Gasteiger partial charge in [0.1, 0.15) is 11.7 Å². The molecule has 0 saturated carbocycles. The van der Waals surface area contributed by atoms with Gasteiger partial charge in [-0.15, -0.1) is 0 Å². The lowest BCUT2D eigenvalue weighted by atomic mass is 10.0. The van der Waals surface area contributed by atoms with Crippen LogP contribution in [0.4, 0.5) is 0 Å². The second-order valence-corrected chi connectivity index (χ2v) is 9.26. The number of benzene rings is 2. The highest BCUT2D eigenvalue weighted by molar-refractivity contribution is 6.21. The lowest BCUT2D eigenvalue weighted by Gasteiger charge is -2.29. The third-order valence-corrected chi connectivity index (χ3v) is 6.90. The molecule has 1 unspecified atom stereocenters. The molecule has 1 saturated heterocycles. The van der Waals surface area contributed by atoms with E-state index in [4.69, 9.17) is 4.52 Å². The van der Waals surface area contributed by atoms with Crippen LogP contribution in [0.25, 0.3) is 22.5 Å². The smallest absolute Gasteiger partial charge is 0.278 e. The number of nitrogens with zero attached hydrogens (tertiary/aromatic N) is 4. The highest BCUT2D eigenvalue weighted by atomic mass is 16.5. The minimum Gasteiger partial charge on any atom is -0.357 e. The minimum atomic E-state index is -0.989. The Hall–Kier alpha value is -4.60. The number of hydrogen-bond acceptors (Lipinski definition) is 8. The highest BCUT2D eigenvalue weighted by Gasteiger charge is 2.48. The van der Waals surface area contributed by atoms with Gasteiger partial charge in [0.25, 0.3) is 11.8 Å². The number of piperidine rings is 1. The fourth-order valence-corrected chi connectivity index (χ4v) is 5.13. The van der Waals surface area contributed by atoms with Gasteiger partial charge >= 0.3 is 0 Å². The molecule has 1 aromatic heterocycles. The van der Waals surface area contributed by atoms with Gasteiger partial charge in [-0.2, -0.15) is 4.98 Å². The molecule has 1 atom stereocenters. The zero-order valence-corrected chi connectivity index (χ0v) is 19.8. The van der Waals surface area contributed by atoms with Crippen molar-refractivity contribution in [1.29, 1.82) is 0 Å². The second-order valence-electron chi connectivity index (χ2n) is 9.26. The Bertz CT molecular complexity index is 1460. The van der Waals surface area contributed by atoms with E-state index in [1.165, 1.54) is 0 Å².